The van der Waals surface area contributed by atoms with Gasteiger partial charge in [0, 0.05) is 25.2 Å². The maximum Gasteiger partial charge on any atom is 0.100 e. The van der Waals surface area contributed by atoms with Crippen LogP contribution >= 0.6 is 0 Å². The van der Waals surface area contributed by atoms with Crippen LogP contribution in [0.5, 0.6) is 0 Å². The summed E-state index contributed by atoms with van der Waals surface area (Å²) < 4.78 is 1.76. The molecular weight excluding hydrogens is 164 g/mol. The first kappa shape index (κ1) is 8.69. The molecule has 1 aliphatic rings. The molecule has 0 radical (unpaired) electrons. The summed E-state index contributed by atoms with van der Waals surface area (Å²) in [5.74, 6) is 0. The molecule has 0 aliphatic carbocycles. The summed E-state index contributed by atoms with van der Waals surface area (Å²) in [6.45, 7) is 5.61. The van der Waals surface area contributed by atoms with Gasteiger partial charge >= 0.3 is 0 Å². The van der Waals surface area contributed by atoms with E-state index in [0.717, 1.165) is 12.2 Å². The van der Waals surface area contributed by atoms with Crippen molar-refractivity contribution in [1.82, 2.24) is 20.3 Å². The number of aromatic nitrogens is 3. The van der Waals surface area contributed by atoms with Crippen molar-refractivity contribution in [3.05, 3.63) is 11.9 Å². The lowest BCUT2D eigenvalue weighted by atomic mass is 9.72. The monoisotopic (exact) mass is 180 g/mol. The molecule has 4 nitrogen and oxygen atoms in total. The van der Waals surface area contributed by atoms with E-state index in [0.29, 0.717) is 11.5 Å². The molecule has 72 valence electrons. The van der Waals surface area contributed by atoms with Crippen molar-refractivity contribution in [1.29, 1.82) is 0 Å². The Morgan fingerprint density at radius 2 is 2.54 bits per heavy atom. The Balaban J connectivity index is 2.19. The van der Waals surface area contributed by atoms with E-state index in [1.165, 1.54) is 6.42 Å². The highest BCUT2D eigenvalue weighted by atomic mass is 15.4. The predicted octanol–water partition coefficient (Wildman–Crippen LogP) is 0.876. The Morgan fingerprint density at radius 1 is 1.77 bits per heavy atom. The highest BCUT2D eigenvalue weighted by molar-refractivity contribution is 5.12. The van der Waals surface area contributed by atoms with Crippen molar-refractivity contribution in [3.8, 4) is 0 Å². The van der Waals surface area contributed by atoms with Crippen LogP contribution in [0.2, 0.25) is 0 Å². The van der Waals surface area contributed by atoms with Crippen molar-refractivity contribution in [3.63, 3.8) is 0 Å². The molecule has 4 heteroatoms. The third-order valence-electron chi connectivity index (χ3n) is 3.13. The molecule has 0 spiro atoms. The van der Waals surface area contributed by atoms with Crippen LogP contribution in [0.1, 0.15) is 32.0 Å². The first-order valence-corrected chi connectivity index (χ1v) is 4.75. The molecule has 1 aliphatic heterocycles. The van der Waals surface area contributed by atoms with Gasteiger partial charge in [-0.25, -0.2) is 0 Å². The molecule has 1 aromatic heterocycles. The minimum atomic E-state index is 0.371. The number of rotatable bonds is 2. The lowest BCUT2D eigenvalue weighted by Gasteiger charge is -2.46. The fraction of sp³-hybridized carbons (Fsp3) is 0.778. The number of nitrogens with zero attached hydrogens (tertiary/aromatic N) is 3. The van der Waals surface area contributed by atoms with Gasteiger partial charge in [0.15, 0.2) is 0 Å². The summed E-state index contributed by atoms with van der Waals surface area (Å²) >= 11 is 0. The molecule has 0 saturated carbocycles. The van der Waals surface area contributed by atoms with Crippen LogP contribution in [0.25, 0.3) is 0 Å². The van der Waals surface area contributed by atoms with E-state index in [9.17, 15) is 0 Å². The molecule has 1 fully saturated rings. The van der Waals surface area contributed by atoms with Gasteiger partial charge in [-0.15, -0.1) is 5.10 Å². The van der Waals surface area contributed by atoms with Crippen molar-refractivity contribution >= 4 is 0 Å². The van der Waals surface area contributed by atoms with Gasteiger partial charge in [0.2, 0.25) is 0 Å². The van der Waals surface area contributed by atoms with Gasteiger partial charge in [0.05, 0.1) is 6.04 Å². The van der Waals surface area contributed by atoms with Gasteiger partial charge in [0.25, 0.3) is 0 Å². The SMILES string of the molecule is CCC1(C)CNC1c1cn(C)nn1. The van der Waals surface area contributed by atoms with E-state index in [2.05, 4.69) is 29.5 Å². The van der Waals surface area contributed by atoms with E-state index >= 15 is 0 Å². The fourth-order valence-corrected chi connectivity index (χ4v) is 1.84. The standard InChI is InChI=1S/C9H16N4/c1-4-9(2)6-10-8(9)7-5-13(3)12-11-7/h5,8,10H,4,6H2,1-3H3. The molecule has 0 aromatic carbocycles. The summed E-state index contributed by atoms with van der Waals surface area (Å²) in [4.78, 5) is 0. The molecule has 2 unspecified atom stereocenters. The van der Waals surface area contributed by atoms with Gasteiger partial charge in [-0.2, -0.15) is 0 Å². The number of aryl methyl sites for hydroxylation is 1. The second-order valence-corrected chi connectivity index (χ2v) is 4.14. The van der Waals surface area contributed by atoms with E-state index in [4.69, 9.17) is 0 Å². The van der Waals surface area contributed by atoms with E-state index in [1.807, 2.05) is 13.2 Å². The summed E-state index contributed by atoms with van der Waals surface area (Å²) in [6, 6.07) is 0.395. The average Bonchev–Trinajstić information content (AvgIpc) is 2.48. The molecule has 1 aromatic rings. The van der Waals surface area contributed by atoms with Crippen molar-refractivity contribution in [2.24, 2.45) is 12.5 Å². The highest BCUT2D eigenvalue weighted by Crippen LogP contribution is 2.42. The van der Waals surface area contributed by atoms with Crippen LogP contribution in [-0.2, 0) is 7.05 Å². The summed E-state index contributed by atoms with van der Waals surface area (Å²) in [5.41, 5.74) is 1.44. The Bertz CT molecular complexity index is 302. The molecule has 0 amide bonds. The number of hydrogen-bond acceptors (Lipinski definition) is 3. The Morgan fingerprint density at radius 3 is 2.92 bits per heavy atom. The van der Waals surface area contributed by atoms with Crippen LogP contribution in [-0.4, -0.2) is 21.5 Å². The van der Waals surface area contributed by atoms with E-state index < -0.39 is 0 Å². The van der Waals surface area contributed by atoms with Crippen LogP contribution < -0.4 is 5.32 Å². The van der Waals surface area contributed by atoms with Crippen molar-refractivity contribution in [2.45, 2.75) is 26.3 Å². The largest absolute Gasteiger partial charge is 0.307 e. The third-order valence-corrected chi connectivity index (χ3v) is 3.13. The average molecular weight is 180 g/mol. The van der Waals surface area contributed by atoms with Gasteiger partial charge < -0.3 is 5.32 Å². The predicted molar refractivity (Wildman–Crippen MR) is 50.1 cm³/mol. The molecule has 2 atom stereocenters. The zero-order chi connectivity index (χ0) is 9.47. The first-order chi connectivity index (χ1) is 6.15. The van der Waals surface area contributed by atoms with Crippen LogP contribution in [0, 0.1) is 5.41 Å². The second-order valence-electron chi connectivity index (χ2n) is 4.14. The smallest absolute Gasteiger partial charge is 0.100 e. The zero-order valence-corrected chi connectivity index (χ0v) is 8.41. The normalized spacial score (nSPS) is 33.0. The molecule has 1 N–H and O–H groups in total. The maximum atomic E-state index is 4.13. The molecule has 13 heavy (non-hydrogen) atoms. The highest BCUT2D eigenvalue weighted by Gasteiger charge is 2.43. The molecule has 0 bridgehead atoms. The van der Waals surface area contributed by atoms with E-state index in [1.54, 1.807) is 4.68 Å². The quantitative estimate of drug-likeness (QED) is 0.734. The lowest BCUT2D eigenvalue weighted by Crippen LogP contribution is -2.54. The third kappa shape index (κ3) is 1.25. The molecule has 2 rings (SSSR count). The number of hydrogen-bond donors (Lipinski definition) is 1. The van der Waals surface area contributed by atoms with Crippen molar-refractivity contribution in [2.75, 3.05) is 6.54 Å². The van der Waals surface area contributed by atoms with Gasteiger partial charge in [-0.05, 0) is 6.42 Å². The zero-order valence-electron chi connectivity index (χ0n) is 8.41. The topological polar surface area (TPSA) is 42.7 Å². The minimum absolute atomic E-state index is 0.371. The Labute approximate surface area is 78.3 Å². The Hall–Kier alpha value is -0.900. The van der Waals surface area contributed by atoms with Gasteiger partial charge in [0.1, 0.15) is 5.69 Å². The first-order valence-electron chi connectivity index (χ1n) is 4.75. The second kappa shape index (κ2) is 2.80. The van der Waals surface area contributed by atoms with Gasteiger partial charge in [-0.1, -0.05) is 19.1 Å². The summed E-state index contributed by atoms with van der Waals surface area (Å²) in [5, 5.41) is 11.5. The summed E-state index contributed by atoms with van der Waals surface area (Å²) in [7, 11) is 1.90. The lowest BCUT2D eigenvalue weighted by molar-refractivity contribution is 0.0956. The van der Waals surface area contributed by atoms with E-state index in [-0.39, 0.29) is 0 Å². The number of nitrogens with one attached hydrogen (secondary N) is 1. The van der Waals surface area contributed by atoms with Crippen LogP contribution in [0.4, 0.5) is 0 Å². The van der Waals surface area contributed by atoms with Crippen LogP contribution in [0.15, 0.2) is 6.20 Å². The molecule has 1 saturated heterocycles. The molecular formula is C9H16N4. The van der Waals surface area contributed by atoms with Crippen LogP contribution in [0.3, 0.4) is 0 Å². The minimum Gasteiger partial charge on any atom is -0.307 e. The fourth-order valence-electron chi connectivity index (χ4n) is 1.84. The molecule has 2 heterocycles. The summed E-state index contributed by atoms with van der Waals surface area (Å²) in [6.07, 6.45) is 3.17. The van der Waals surface area contributed by atoms with Crippen molar-refractivity contribution < 1.29 is 0 Å². The Kier molecular flexibility index (Phi) is 1.87. The van der Waals surface area contributed by atoms with Gasteiger partial charge in [-0.3, -0.25) is 4.68 Å². The maximum absolute atomic E-state index is 4.13.